The number of amides is 1. The minimum Gasteiger partial charge on any atom is -0.346 e. The van der Waals surface area contributed by atoms with Gasteiger partial charge in [-0.1, -0.05) is 6.07 Å². The molecule has 1 aliphatic heterocycles. The Kier molecular flexibility index (Phi) is 4.54. The highest BCUT2D eigenvalue weighted by molar-refractivity contribution is 7.91. The Bertz CT molecular complexity index is 1150. The van der Waals surface area contributed by atoms with Crippen LogP contribution in [0.1, 0.15) is 43.6 Å². The molecule has 9 heteroatoms. The summed E-state index contributed by atoms with van der Waals surface area (Å²) in [7, 11) is -3.12. The zero-order valence-corrected chi connectivity index (χ0v) is 17.6. The standard InChI is InChI=1S/C19H22N4O3S2/c1-12(2)23-17-14(10-20-23)13(9-15(21-17)16-5-4-7-27-16)18(24)22-19(3)6-8-28(25,26)11-19/h4-5,7,9-10,12H,6,8,11H2,1-3H3,(H,22,24). The Morgan fingerprint density at radius 3 is 2.79 bits per heavy atom. The Hall–Kier alpha value is -2.26. The molecule has 4 heterocycles. The molecule has 3 aromatic rings. The Balaban J connectivity index is 1.80. The quantitative estimate of drug-likeness (QED) is 0.703. The number of pyridine rings is 1. The van der Waals surface area contributed by atoms with Gasteiger partial charge >= 0.3 is 0 Å². The predicted molar refractivity (Wildman–Crippen MR) is 110 cm³/mol. The van der Waals surface area contributed by atoms with Crippen LogP contribution in [-0.4, -0.2) is 46.1 Å². The molecule has 1 fully saturated rings. The summed E-state index contributed by atoms with van der Waals surface area (Å²) < 4.78 is 25.6. The third-order valence-electron chi connectivity index (χ3n) is 4.99. The van der Waals surface area contributed by atoms with Gasteiger partial charge in [-0.3, -0.25) is 4.79 Å². The van der Waals surface area contributed by atoms with Crippen LogP contribution in [-0.2, 0) is 9.84 Å². The van der Waals surface area contributed by atoms with Crippen LogP contribution in [0.25, 0.3) is 21.6 Å². The molecule has 0 spiro atoms. The summed E-state index contributed by atoms with van der Waals surface area (Å²) >= 11 is 1.55. The van der Waals surface area contributed by atoms with Crippen molar-refractivity contribution in [2.45, 2.75) is 38.8 Å². The first-order valence-corrected chi connectivity index (χ1v) is 11.8. The van der Waals surface area contributed by atoms with Crippen molar-refractivity contribution in [3.8, 4) is 10.6 Å². The summed E-state index contributed by atoms with van der Waals surface area (Å²) in [6, 6.07) is 5.76. The molecule has 0 radical (unpaired) electrons. The van der Waals surface area contributed by atoms with E-state index in [2.05, 4.69) is 10.4 Å². The summed E-state index contributed by atoms with van der Waals surface area (Å²) in [5, 5.41) is 9.99. The van der Waals surface area contributed by atoms with Crippen molar-refractivity contribution in [2.75, 3.05) is 11.5 Å². The number of hydrogen-bond acceptors (Lipinski definition) is 6. The van der Waals surface area contributed by atoms with Gasteiger partial charge in [0, 0.05) is 6.04 Å². The molecular weight excluding hydrogens is 396 g/mol. The minimum atomic E-state index is -3.12. The number of aromatic nitrogens is 3. The largest absolute Gasteiger partial charge is 0.346 e. The highest BCUT2D eigenvalue weighted by Gasteiger charge is 2.40. The molecule has 0 saturated carbocycles. The number of sulfone groups is 1. The van der Waals surface area contributed by atoms with Crippen molar-refractivity contribution in [3.05, 3.63) is 35.3 Å². The summed E-state index contributed by atoms with van der Waals surface area (Å²) in [5.41, 5.74) is 1.06. The SMILES string of the molecule is CC(C)n1ncc2c(C(=O)NC3(C)CCS(=O)(=O)C3)cc(-c3cccs3)nc21. The lowest BCUT2D eigenvalue weighted by Gasteiger charge is -2.24. The fourth-order valence-electron chi connectivity index (χ4n) is 3.58. The van der Waals surface area contributed by atoms with E-state index in [0.717, 1.165) is 4.88 Å². The second-order valence-electron chi connectivity index (χ2n) is 7.81. The van der Waals surface area contributed by atoms with Gasteiger partial charge in [0.05, 0.1) is 44.8 Å². The predicted octanol–water partition coefficient (Wildman–Crippen LogP) is 3.05. The third kappa shape index (κ3) is 3.44. The van der Waals surface area contributed by atoms with E-state index in [9.17, 15) is 13.2 Å². The van der Waals surface area contributed by atoms with E-state index in [1.807, 2.05) is 31.4 Å². The molecule has 0 aliphatic carbocycles. The third-order valence-corrected chi connectivity index (χ3v) is 7.79. The van der Waals surface area contributed by atoms with Crippen LogP contribution in [0.15, 0.2) is 29.8 Å². The molecule has 1 N–H and O–H groups in total. The maximum absolute atomic E-state index is 13.2. The minimum absolute atomic E-state index is 0.0387. The molecule has 28 heavy (non-hydrogen) atoms. The summed E-state index contributed by atoms with van der Waals surface area (Å²) in [6.07, 6.45) is 2.07. The van der Waals surface area contributed by atoms with E-state index in [0.29, 0.717) is 28.7 Å². The molecule has 7 nitrogen and oxygen atoms in total. The second kappa shape index (κ2) is 6.66. The lowest BCUT2D eigenvalue weighted by Crippen LogP contribution is -2.47. The molecular formula is C19H22N4O3S2. The maximum Gasteiger partial charge on any atom is 0.252 e. The first-order chi connectivity index (χ1) is 13.2. The molecule has 4 rings (SSSR count). The van der Waals surface area contributed by atoms with Gasteiger partial charge in [-0.25, -0.2) is 18.1 Å². The first kappa shape index (κ1) is 19.1. The van der Waals surface area contributed by atoms with Gasteiger partial charge in [-0.15, -0.1) is 11.3 Å². The molecule has 148 valence electrons. The molecule has 1 atom stereocenters. The number of hydrogen-bond donors (Lipinski definition) is 1. The maximum atomic E-state index is 13.2. The van der Waals surface area contributed by atoms with E-state index in [1.54, 1.807) is 35.2 Å². The summed E-state index contributed by atoms with van der Waals surface area (Å²) in [6.45, 7) is 5.80. The lowest BCUT2D eigenvalue weighted by molar-refractivity contribution is 0.0917. The topological polar surface area (TPSA) is 94.0 Å². The second-order valence-corrected chi connectivity index (χ2v) is 10.9. The molecule has 1 aliphatic rings. The van der Waals surface area contributed by atoms with Gasteiger partial charge in [-0.05, 0) is 44.7 Å². The molecule has 0 aromatic carbocycles. The van der Waals surface area contributed by atoms with Crippen molar-refractivity contribution >= 4 is 38.1 Å². The van der Waals surface area contributed by atoms with Crippen LogP contribution < -0.4 is 5.32 Å². The normalized spacial score (nSPS) is 21.4. The molecule has 1 saturated heterocycles. The van der Waals surface area contributed by atoms with E-state index in [4.69, 9.17) is 4.98 Å². The molecule has 3 aromatic heterocycles. The van der Waals surface area contributed by atoms with Gasteiger partial charge < -0.3 is 5.32 Å². The zero-order chi connectivity index (χ0) is 20.1. The average Bonchev–Trinajstić information content (AvgIpc) is 3.32. The summed E-state index contributed by atoms with van der Waals surface area (Å²) in [5.74, 6) is -0.238. The number of fused-ring (bicyclic) bond motifs is 1. The van der Waals surface area contributed by atoms with Crippen LogP contribution in [0.3, 0.4) is 0 Å². The van der Waals surface area contributed by atoms with E-state index < -0.39 is 15.4 Å². The highest BCUT2D eigenvalue weighted by atomic mass is 32.2. The van der Waals surface area contributed by atoms with Crippen LogP contribution in [0.5, 0.6) is 0 Å². The molecule has 0 bridgehead atoms. The van der Waals surface area contributed by atoms with Crippen LogP contribution in [0.4, 0.5) is 0 Å². The summed E-state index contributed by atoms with van der Waals surface area (Å²) in [4.78, 5) is 18.9. The van der Waals surface area contributed by atoms with Gasteiger partial charge in [-0.2, -0.15) is 5.10 Å². The van der Waals surface area contributed by atoms with E-state index in [1.165, 1.54) is 0 Å². The van der Waals surface area contributed by atoms with Gasteiger partial charge in [0.15, 0.2) is 15.5 Å². The zero-order valence-electron chi connectivity index (χ0n) is 16.0. The first-order valence-electron chi connectivity index (χ1n) is 9.13. The van der Waals surface area contributed by atoms with E-state index >= 15 is 0 Å². The van der Waals surface area contributed by atoms with Crippen LogP contribution in [0.2, 0.25) is 0 Å². The monoisotopic (exact) mass is 418 g/mol. The van der Waals surface area contributed by atoms with Gasteiger partial charge in [0.2, 0.25) is 0 Å². The number of carbonyl (C=O) groups is 1. The van der Waals surface area contributed by atoms with Crippen molar-refractivity contribution in [1.82, 2.24) is 20.1 Å². The van der Waals surface area contributed by atoms with Gasteiger partial charge in [0.1, 0.15) is 0 Å². The van der Waals surface area contributed by atoms with Crippen molar-refractivity contribution in [3.63, 3.8) is 0 Å². The number of thiophene rings is 1. The Morgan fingerprint density at radius 2 is 2.18 bits per heavy atom. The van der Waals surface area contributed by atoms with Gasteiger partial charge in [0.25, 0.3) is 5.91 Å². The Morgan fingerprint density at radius 1 is 1.39 bits per heavy atom. The smallest absolute Gasteiger partial charge is 0.252 e. The van der Waals surface area contributed by atoms with Crippen LogP contribution in [0, 0.1) is 0 Å². The van der Waals surface area contributed by atoms with Crippen molar-refractivity contribution < 1.29 is 13.2 Å². The number of nitrogens with one attached hydrogen (secondary N) is 1. The lowest BCUT2D eigenvalue weighted by atomic mass is 10.0. The Labute approximate surface area is 167 Å². The fraction of sp³-hybridized carbons (Fsp3) is 0.421. The molecule has 1 unspecified atom stereocenters. The number of rotatable bonds is 4. The van der Waals surface area contributed by atoms with Crippen LogP contribution >= 0.6 is 11.3 Å². The van der Waals surface area contributed by atoms with Crippen molar-refractivity contribution in [1.29, 1.82) is 0 Å². The average molecular weight is 419 g/mol. The van der Waals surface area contributed by atoms with Crippen molar-refractivity contribution in [2.24, 2.45) is 0 Å². The molecule has 1 amide bonds. The highest BCUT2D eigenvalue weighted by Crippen LogP contribution is 2.30. The fourth-order valence-corrected chi connectivity index (χ4v) is 6.36. The number of carbonyl (C=O) groups excluding carboxylic acids is 1. The van der Waals surface area contributed by atoms with E-state index in [-0.39, 0.29) is 23.5 Å². The number of nitrogens with zero attached hydrogens (tertiary/aromatic N) is 3.